The van der Waals surface area contributed by atoms with Crippen LogP contribution in [0, 0.1) is 5.41 Å². The number of ether oxygens (including phenoxy) is 1. The van der Waals surface area contributed by atoms with E-state index in [9.17, 15) is 0 Å². The molecule has 1 saturated heterocycles. The zero-order chi connectivity index (χ0) is 18.9. The summed E-state index contributed by atoms with van der Waals surface area (Å²) in [5.41, 5.74) is 0.528. The molecule has 0 radical (unpaired) electrons. The molecule has 0 bridgehead atoms. The Bertz CT molecular complexity index is 420. The highest BCUT2D eigenvalue weighted by atomic mass is 16.5. The lowest BCUT2D eigenvalue weighted by Crippen LogP contribution is -2.51. The van der Waals surface area contributed by atoms with E-state index in [0.717, 1.165) is 51.9 Å². The molecule has 0 aromatic rings. The molecule has 1 heterocycles. The predicted octanol–water partition coefficient (Wildman–Crippen LogP) is 1.82. The first-order valence-corrected chi connectivity index (χ1v) is 10.4. The third kappa shape index (κ3) is 7.80. The van der Waals surface area contributed by atoms with Gasteiger partial charge < -0.3 is 20.7 Å². The molecule has 3 N–H and O–H groups in total. The third-order valence-corrected chi connectivity index (χ3v) is 5.50. The summed E-state index contributed by atoms with van der Waals surface area (Å²) in [4.78, 5) is 7.01. The fraction of sp³-hybridized carbons (Fsp3) is 0.950. The topological polar surface area (TPSA) is 60.9 Å². The third-order valence-electron chi connectivity index (χ3n) is 5.50. The van der Waals surface area contributed by atoms with Crippen LogP contribution in [0.15, 0.2) is 4.99 Å². The lowest BCUT2D eigenvalue weighted by Gasteiger charge is -2.42. The lowest BCUT2D eigenvalue weighted by atomic mass is 9.73. The van der Waals surface area contributed by atoms with Gasteiger partial charge in [-0.1, -0.05) is 19.3 Å². The predicted molar refractivity (Wildman–Crippen MR) is 110 cm³/mol. The molecule has 0 atom stereocenters. The van der Waals surface area contributed by atoms with Crippen LogP contribution in [-0.4, -0.2) is 75.9 Å². The molecular weight excluding hydrogens is 326 g/mol. The number of nitrogens with zero attached hydrogens (tertiary/aromatic N) is 2. The smallest absolute Gasteiger partial charge is 0.191 e. The van der Waals surface area contributed by atoms with E-state index < -0.39 is 0 Å². The maximum absolute atomic E-state index is 5.52. The molecule has 1 aliphatic carbocycles. The van der Waals surface area contributed by atoms with Crippen LogP contribution in [-0.2, 0) is 4.74 Å². The molecule has 0 amide bonds. The highest BCUT2D eigenvalue weighted by Gasteiger charge is 2.34. The molecule has 1 saturated carbocycles. The van der Waals surface area contributed by atoms with Crippen molar-refractivity contribution >= 4 is 5.96 Å². The van der Waals surface area contributed by atoms with Crippen molar-refractivity contribution in [3.05, 3.63) is 0 Å². The van der Waals surface area contributed by atoms with Crippen LogP contribution in [0.5, 0.6) is 0 Å². The lowest BCUT2D eigenvalue weighted by molar-refractivity contribution is 0.00820. The number of rotatable bonds is 7. The van der Waals surface area contributed by atoms with Gasteiger partial charge in [0.15, 0.2) is 5.96 Å². The highest BCUT2D eigenvalue weighted by Crippen LogP contribution is 2.36. The molecule has 26 heavy (non-hydrogen) atoms. The van der Waals surface area contributed by atoms with Gasteiger partial charge in [0.2, 0.25) is 0 Å². The van der Waals surface area contributed by atoms with E-state index in [0.29, 0.717) is 5.41 Å². The minimum atomic E-state index is 0.156. The molecule has 0 aromatic carbocycles. The quantitative estimate of drug-likeness (QED) is 0.364. The average Bonchev–Trinajstić information content (AvgIpc) is 2.62. The minimum Gasteiger partial charge on any atom is -0.379 e. The van der Waals surface area contributed by atoms with Crippen molar-refractivity contribution in [3.8, 4) is 0 Å². The van der Waals surface area contributed by atoms with Crippen LogP contribution in [0.3, 0.4) is 0 Å². The fourth-order valence-corrected chi connectivity index (χ4v) is 4.04. The largest absolute Gasteiger partial charge is 0.379 e. The van der Waals surface area contributed by atoms with Gasteiger partial charge in [0.1, 0.15) is 0 Å². The summed E-state index contributed by atoms with van der Waals surface area (Å²) < 4.78 is 5.52. The Kier molecular flexibility index (Phi) is 8.64. The van der Waals surface area contributed by atoms with Gasteiger partial charge in [-0.2, -0.15) is 0 Å². The van der Waals surface area contributed by atoms with Crippen LogP contribution in [0.2, 0.25) is 0 Å². The van der Waals surface area contributed by atoms with E-state index >= 15 is 0 Å². The Hall–Kier alpha value is -0.850. The van der Waals surface area contributed by atoms with Crippen molar-refractivity contribution in [2.75, 3.05) is 59.5 Å². The molecule has 0 aromatic heterocycles. The maximum Gasteiger partial charge on any atom is 0.191 e. The Balaban J connectivity index is 1.80. The highest BCUT2D eigenvalue weighted by molar-refractivity contribution is 5.79. The summed E-state index contributed by atoms with van der Waals surface area (Å²) in [5, 5.41) is 10.6. The fourth-order valence-electron chi connectivity index (χ4n) is 4.04. The zero-order valence-electron chi connectivity index (χ0n) is 17.5. The van der Waals surface area contributed by atoms with E-state index in [1.807, 2.05) is 7.05 Å². The van der Waals surface area contributed by atoms with Crippen molar-refractivity contribution in [1.29, 1.82) is 0 Å². The summed E-state index contributed by atoms with van der Waals surface area (Å²) in [6, 6.07) is 0. The van der Waals surface area contributed by atoms with Crippen molar-refractivity contribution in [2.45, 2.75) is 58.4 Å². The molecule has 1 aliphatic heterocycles. The van der Waals surface area contributed by atoms with E-state index in [-0.39, 0.29) is 5.54 Å². The first kappa shape index (κ1) is 21.5. The van der Waals surface area contributed by atoms with E-state index in [2.05, 4.69) is 46.6 Å². The molecule has 0 spiro atoms. The van der Waals surface area contributed by atoms with Crippen molar-refractivity contribution in [2.24, 2.45) is 10.4 Å². The van der Waals surface area contributed by atoms with Gasteiger partial charge in [-0.05, 0) is 33.6 Å². The summed E-state index contributed by atoms with van der Waals surface area (Å²) in [6.45, 7) is 14.5. The molecule has 0 unspecified atom stereocenters. The van der Waals surface area contributed by atoms with Crippen molar-refractivity contribution < 1.29 is 4.74 Å². The Morgan fingerprint density at radius 2 is 1.73 bits per heavy atom. The first-order chi connectivity index (χ1) is 12.4. The zero-order valence-corrected chi connectivity index (χ0v) is 17.5. The van der Waals surface area contributed by atoms with Crippen molar-refractivity contribution in [1.82, 2.24) is 20.9 Å². The number of hydrogen-bond acceptors (Lipinski definition) is 4. The van der Waals surface area contributed by atoms with Gasteiger partial charge in [0.25, 0.3) is 0 Å². The summed E-state index contributed by atoms with van der Waals surface area (Å²) in [5.74, 6) is 0.924. The molecular formula is C20H41N5O. The summed E-state index contributed by atoms with van der Waals surface area (Å²) >= 11 is 0. The minimum absolute atomic E-state index is 0.156. The van der Waals surface area contributed by atoms with Gasteiger partial charge >= 0.3 is 0 Å². The van der Waals surface area contributed by atoms with Crippen molar-refractivity contribution in [3.63, 3.8) is 0 Å². The Morgan fingerprint density at radius 1 is 1.04 bits per heavy atom. The number of aliphatic imine (C=N–C) groups is 1. The monoisotopic (exact) mass is 367 g/mol. The standard InChI is InChI=1S/C20H41N5O/c1-19(2,3)24-11-10-22-18(21-4)23-16-20(8-6-5-7-9-20)17-25-12-14-26-15-13-25/h24H,5-17H2,1-4H3,(H2,21,22,23). The second-order valence-electron chi connectivity index (χ2n) is 8.98. The molecule has 2 fully saturated rings. The van der Waals surface area contributed by atoms with Crippen LogP contribution in [0.4, 0.5) is 0 Å². The summed E-state index contributed by atoms with van der Waals surface area (Å²) in [6.07, 6.45) is 6.73. The number of nitrogens with one attached hydrogen (secondary N) is 3. The van der Waals surface area contributed by atoms with Crippen LogP contribution in [0.1, 0.15) is 52.9 Å². The van der Waals surface area contributed by atoms with Crippen LogP contribution in [0.25, 0.3) is 0 Å². The first-order valence-electron chi connectivity index (χ1n) is 10.4. The van der Waals surface area contributed by atoms with E-state index in [1.165, 1.54) is 38.6 Å². The second kappa shape index (κ2) is 10.5. The average molecular weight is 368 g/mol. The molecule has 6 heteroatoms. The molecule has 2 aliphatic rings. The molecule has 152 valence electrons. The normalized spacial score (nSPS) is 22.2. The van der Waals surface area contributed by atoms with Gasteiger partial charge in [0, 0.05) is 57.3 Å². The second-order valence-corrected chi connectivity index (χ2v) is 8.98. The van der Waals surface area contributed by atoms with Crippen LogP contribution >= 0.6 is 0 Å². The number of guanidine groups is 1. The van der Waals surface area contributed by atoms with Gasteiger partial charge in [-0.3, -0.25) is 9.89 Å². The van der Waals surface area contributed by atoms with E-state index in [4.69, 9.17) is 4.74 Å². The van der Waals surface area contributed by atoms with Gasteiger partial charge in [-0.25, -0.2) is 0 Å². The number of hydrogen-bond donors (Lipinski definition) is 3. The maximum atomic E-state index is 5.52. The number of morpholine rings is 1. The molecule has 2 rings (SSSR count). The van der Waals surface area contributed by atoms with E-state index in [1.54, 1.807) is 0 Å². The Morgan fingerprint density at radius 3 is 2.35 bits per heavy atom. The Labute approximate surface area is 160 Å². The van der Waals surface area contributed by atoms with Gasteiger partial charge in [0.05, 0.1) is 13.2 Å². The SMILES string of the molecule is CN=C(NCCNC(C)(C)C)NCC1(CN2CCOCC2)CCCCC1. The van der Waals surface area contributed by atoms with Crippen LogP contribution < -0.4 is 16.0 Å². The summed E-state index contributed by atoms with van der Waals surface area (Å²) in [7, 11) is 1.86. The van der Waals surface area contributed by atoms with Gasteiger partial charge in [-0.15, -0.1) is 0 Å². The molecule has 6 nitrogen and oxygen atoms in total.